The van der Waals surface area contributed by atoms with Crippen molar-refractivity contribution in [2.45, 2.75) is 20.3 Å². The quantitative estimate of drug-likeness (QED) is 0.477. The fraction of sp³-hybridized carbons (Fsp3) is 0.429. The molecule has 0 aromatic rings. The Hall–Kier alpha value is -0.920. The summed E-state index contributed by atoms with van der Waals surface area (Å²) in [5.41, 5.74) is 1.66. The fourth-order valence-corrected chi connectivity index (χ4v) is 0.717. The van der Waals surface area contributed by atoms with E-state index >= 15 is 0 Å². The zero-order valence-electron chi connectivity index (χ0n) is 5.64. The first-order valence-corrected chi connectivity index (χ1v) is 2.95. The third-order valence-corrected chi connectivity index (χ3v) is 1.52. The van der Waals surface area contributed by atoms with Gasteiger partial charge in [-0.1, -0.05) is 0 Å². The van der Waals surface area contributed by atoms with E-state index in [2.05, 4.69) is 4.99 Å². The number of carbonyl (C=O) groups excluding carboxylic acids is 1. The number of Topliss-reactive ketones (excluding diaryl/α,β-unsaturated/α-hetero) is 1. The first-order chi connectivity index (χ1) is 4.22. The van der Waals surface area contributed by atoms with Gasteiger partial charge in [-0.3, -0.25) is 9.79 Å². The maximum Gasteiger partial charge on any atom is 0.165 e. The number of carbonyl (C=O) groups is 1. The van der Waals surface area contributed by atoms with E-state index in [1.54, 1.807) is 6.21 Å². The Balaban J connectivity index is 2.97. The molecule has 48 valence electrons. The van der Waals surface area contributed by atoms with E-state index in [4.69, 9.17) is 0 Å². The van der Waals surface area contributed by atoms with E-state index in [1.165, 1.54) is 0 Å². The second-order valence-corrected chi connectivity index (χ2v) is 2.15. The van der Waals surface area contributed by atoms with Crippen LogP contribution in [0.2, 0.25) is 0 Å². The number of nitrogens with zero attached hydrogens (tertiary/aromatic N) is 1. The van der Waals surface area contributed by atoms with Crippen molar-refractivity contribution in [1.29, 1.82) is 0 Å². The van der Waals surface area contributed by atoms with Gasteiger partial charge in [-0.25, -0.2) is 0 Å². The lowest BCUT2D eigenvalue weighted by molar-refractivity contribution is -0.114. The van der Waals surface area contributed by atoms with Gasteiger partial charge < -0.3 is 0 Å². The maximum atomic E-state index is 10.9. The van der Waals surface area contributed by atoms with Crippen molar-refractivity contribution in [3.05, 3.63) is 11.3 Å². The van der Waals surface area contributed by atoms with Gasteiger partial charge in [0.1, 0.15) is 0 Å². The monoisotopic (exact) mass is 123 g/mol. The van der Waals surface area contributed by atoms with Crippen LogP contribution in [0.1, 0.15) is 20.3 Å². The van der Waals surface area contributed by atoms with Gasteiger partial charge in [0, 0.05) is 23.9 Å². The fourth-order valence-electron chi connectivity index (χ4n) is 0.717. The molecule has 0 saturated heterocycles. The molecule has 0 unspecified atom stereocenters. The third-order valence-electron chi connectivity index (χ3n) is 1.52. The topological polar surface area (TPSA) is 29.4 Å². The van der Waals surface area contributed by atoms with Crippen molar-refractivity contribution in [3.8, 4) is 0 Å². The van der Waals surface area contributed by atoms with Gasteiger partial charge in [0.2, 0.25) is 0 Å². The highest BCUT2D eigenvalue weighted by atomic mass is 16.1. The summed E-state index contributed by atoms with van der Waals surface area (Å²) < 4.78 is 0. The Morgan fingerprint density at radius 3 is 2.67 bits per heavy atom. The van der Waals surface area contributed by atoms with Crippen LogP contribution < -0.4 is 0 Å². The summed E-state index contributed by atoms with van der Waals surface area (Å²) in [6, 6.07) is 0. The summed E-state index contributed by atoms with van der Waals surface area (Å²) in [7, 11) is 0. The minimum absolute atomic E-state index is 0.197. The molecule has 2 heteroatoms. The number of ketones is 1. The van der Waals surface area contributed by atoms with Crippen molar-refractivity contribution in [3.63, 3.8) is 0 Å². The van der Waals surface area contributed by atoms with Gasteiger partial charge in [0.05, 0.1) is 0 Å². The van der Waals surface area contributed by atoms with Crippen LogP contribution in [-0.2, 0) is 4.79 Å². The van der Waals surface area contributed by atoms with Crippen molar-refractivity contribution >= 4 is 12.0 Å². The van der Waals surface area contributed by atoms with Crippen molar-refractivity contribution in [2.24, 2.45) is 4.99 Å². The molecular formula is C7H9NO. The van der Waals surface area contributed by atoms with E-state index in [-0.39, 0.29) is 5.78 Å². The van der Waals surface area contributed by atoms with Gasteiger partial charge in [0.15, 0.2) is 5.78 Å². The molecule has 0 spiro atoms. The first-order valence-electron chi connectivity index (χ1n) is 2.95. The van der Waals surface area contributed by atoms with Crippen LogP contribution in [0.5, 0.6) is 0 Å². The molecular weight excluding hydrogens is 114 g/mol. The van der Waals surface area contributed by atoms with Crippen molar-refractivity contribution < 1.29 is 4.79 Å². The van der Waals surface area contributed by atoms with Crippen LogP contribution in [0, 0.1) is 0 Å². The van der Waals surface area contributed by atoms with Crippen LogP contribution in [0.4, 0.5) is 0 Å². The Labute approximate surface area is 54.3 Å². The highest BCUT2D eigenvalue weighted by molar-refractivity contribution is 6.05. The van der Waals surface area contributed by atoms with E-state index in [0.717, 1.165) is 11.3 Å². The molecule has 0 N–H and O–H groups in total. The maximum absolute atomic E-state index is 10.9. The van der Waals surface area contributed by atoms with Crippen LogP contribution in [0.15, 0.2) is 16.3 Å². The van der Waals surface area contributed by atoms with E-state index < -0.39 is 0 Å². The third kappa shape index (κ3) is 1.07. The molecule has 0 aromatic carbocycles. The molecule has 0 aliphatic carbocycles. The molecule has 0 radical (unpaired) electrons. The highest BCUT2D eigenvalue weighted by Gasteiger charge is 2.08. The van der Waals surface area contributed by atoms with E-state index in [0.29, 0.717) is 6.42 Å². The molecule has 9 heavy (non-hydrogen) atoms. The summed E-state index contributed by atoms with van der Waals surface area (Å²) >= 11 is 0. The molecule has 0 atom stereocenters. The molecule has 0 bridgehead atoms. The van der Waals surface area contributed by atoms with E-state index in [9.17, 15) is 4.79 Å². The summed E-state index contributed by atoms with van der Waals surface area (Å²) in [6.07, 6.45) is 2.13. The van der Waals surface area contributed by atoms with Crippen LogP contribution in [-0.4, -0.2) is 12.0 Å². The Morgan fingerprint density at radius 1 is 1.56 bits per heavy atom. The molecule has 0 amide bonds. The summed E-state index contributed by atoms with van der Waals surface area (Å²) in [6.45, 7) is 3.66. The van der Waals surface area contributed by atoms with Gasteiger partial charge in [0.25, 0.3) is 0 Å². The average Bonchev–Trinajstić information content (AvgIpc) is 1.83. The predicted molar refractivity (Wildman–Crippen MR) is 36.5 cm³/mol. The summed E-state index contributed by atoms with van der Waals surface area (Å²) in [5, 5.41) is 0. The number of rotatable bonds is 0. The lowest BCUT2D eigenvalue weighted by Crippen LogP contribution is -2.05. The standard InChI is InChI=1S/C7H9NO/c1-5-6(2)8-4-3-7(5)9/h4H,3H2,1-2H3. The molecule has 2 nitrogen and oxygen atoms in total. The second-order valence-electron chi connectivity index (χ2n) is 2.15. The van der Waals surface area contributed by atoms with Crippen molar-refractivity contribution in [1.82, 2.24) is 0 Å². The smallest absolute Gasteiger partial charge is 0.165 e. The summed E-state index contributed by atoms with van der Waals surface area (Å²) in [4.78, 5) is 14.9. The Kier molecular flexibility index (Phi) is 1.47. The zero-order valence-corrected chi connectivity index (χ0v) is 5.64. The molecule has 0 fully saturated rings. The highest BCUT2D eigenvalue weighted by Crippen LogP contribution is 2.10. The minimum atomic E-state index is 0.197. The Morgan fingerprint density at radius 2 is 2.22 bits per heavy atom. The van der Waals surface area contributed by atoms with Crippen LogP contribution in [0.25, 0.3) is 0 Å². The molecule has 1 aliphatic rings. The largest absolute Gasteiger partial charge is 0.294 e. The second kappa shape index (κ2) is 2.13. The zero-order chi connectivity index (χ0) is 6.85. The lowest BCUT2D eigenvalue weighted by Gasteiger charge is -2.04. The van der Waals surface area contributed by atoms with Gasteiger partial charge in [-0.2, -0.15) is 0 Å². The average molecular weight is 123 g/mol. The van der Waals surface area contributed by atoms with Crippen molar-refractivity contribution in [2.75, 3.05) is 0 Å². The number of hydrogen-bond donors (Lipinski definition) is 0. The van der Waals surface area contributed by atoms with Crippen LogP contribution >= 0.6 is 0 Å². The van der Waals surface area contributed by atoms with Gasteiger partial charge >= 0.3 is 0 Å². The lowest BCUT2D eigenvalue weighted by atomic mass is 10.1. The summed E-state index contributed by atoms with van der Waals surface area (Å²) in [5.74, 6) is 0.197. The molecule has 1 aliphatic heterocycles. The Bertz CT molecular complexity index is 201. The number of hydrogen-bond acceptors (Lipinski definition) is 2. The number of allylic oxidation sites excluding steroid dienone is 2. The normalized spacial score (nSPS) is 19.1. The predicted octanol–water partition coefficient (Wildman–Crippen LogP) is 1.32. The van der Waals surface area contributed by atoms with Gasteiger partial charge in [-0.15, -0.1) is 0 Å². The first kappa shape index (κ1) is 6.20. The van der Waals surface area contributed by atoms with Crippen LogP contribution in [0.3, 0.4) is 0 Å². The molecule has 1 rings (SSSR count). The molecule has 0 aromatic heterocycles. The van der Waals surface area contributed by atoms with E-state index in [1.807, 2.05) is 13.8 Å². The molecule has 0 saturated carbocycles. The van der Waals surface area contributed by atoms with Gasteiger partial charge in [-0.05, 0) is 13.8 Å². The number of aliphatic imine (C=N–C) groups is 1. The molecule has 1 heterocycles. The minimum Gasteiger partial charge on any atom is -0.294 e. The SMILES string of the molecule is CC1=C(C)C(=O)CC=N1.